The first-order chi connectivity index (χ1) is 11.8. The predicted molar refractivity (Wildman–Crippen MR) is 101 cm³/mol. The maximum atomic E-state index is 13.7. The van der Waals surface area contributed by atoms with Crippen LogP contribution in [0.1, 0.15) is 25.8 Å². The van der Waals surface area contributed by atoms with Crippen LogP contribution >= 0.6 is 0 Å². The Morgan fingerprint density at radius 1 is 1.00 bits per heavy atom. The molecule has 0 N–H and O–H groups in total. The van der Waals surface area contributed by atoms with Gasteiger partial charge in [-0.2, -0.15) is 0 Å². The van der Waals surface area contributed by atoms with Crippen molar-refractivity contribution in [2.75, 3.05) is 4.31 Å². The van der Waals surface area contributed by atoms with E-state index in [4.69, 9.17) is 0 Å². The number of rotatable bonds is 2. The topological polar surface area (TPSA) is 42.3 Å². The van der Waals surface area contributed by atoms with E-state index in [1.807, 2.05) is 74.1 Å². The monoisotopic (exact) mass is 354 g/mol. The first-order valence-electron chi connectivity index (χ1n) is 8.50. The maximum absolute atomic E-state index is 13.7. The molecule has 0 atom stereocenters. The normalized spacial score (nSPS) is 16.8. The quantitative estimate of drug-likeness (QED) is 0.695. The van der Waals surface area contributed by atoms with Crippen LogP contribution in [0.2, 0.25) is 0 Å². The Labute approximate surface area is 148 Å². The fourth-order valence-corrected chi connectivity index (χ4v) is 6.00. The molecule has 0 saturated carbocycles. The van der Waals surface area contributed by atoms with Crippen LogP contribution in [0.3, 0.4) is 0 Å². The number of nitrogens with zero attached hydrogens (tertiary/aromatic N) is 2. The summed E-state index contributed by atoms with van der Waals surface area (Å²) >= 11 is 0. The van der Waals surface area contributed by atoms with E-state index in [9.17, 15) is 8.42 Å². The molecule has 4 nitrogen and oxygen atoms in total. The van der Waals surface area contributed by atoms with E-state index in [-0.39, 0.29) is 0 Å². The molecule has 130 valence electrons. The highest BCUT2D eigenvalue weighted by Crippen LogP contribution is 2.41. The molecule has 25 heavy (non-hydrogen) atoms. The number of para-hydroxylation sites is 2. The van der Waals surface area contributed by atoms with Crippen LogP contribution in [-0.4, -0.2) is 18.5 Å². The van der Waals surface area contributed by atoms with E-state index in [1.165, 1.54) is 0 Å². The van der Waals surface area contributed by atoms with E-state index in [2.05, 4.69) is 0 Å². The van der Waals surface area contributed by atoms with E-state index < -0.39 is 15.6 Å². The minimum Gasteiger partial charge on any atom is -0.349 e. The average molecular weight is 354 g/mol. The van der Waals surface area contributed by atoms with Crippen LogP contribution in [0.15, 0.2) is 59.6 Å². The van der Waals surface area contributed by atoms with Gasteiger partial charge in [-0.3, -0.25) is 4.31 Å². The predicted octanol–water partition coefficient (Wildman–Crippen LogP) is 4.10. The number of fused-ring (bicyclic) bond motifs is 2. The second kappa shape index (κ2) is 5.36. The molecule has 1 aliphatic heterocycles. The summed E-state index contributed by atoms with van der Waals surface area (Å²) in [7, 11) is -1.80. The molecule has 0 fully saturated rings. The maximum Gasteiger partial charge on any atom is 0.266 e. The molecule has 2 heterocycles. The summed E-state index contributed by atoms with van der Waals surface area (Å²) in [6, 6.07) is 15.2. The molecule has 0 bridgehead atoms. The highest BCUT2D eigenvalue weighted by Gasteiger charge is 2.41. The number of aryl methyl sites for hydroxylation is 2. The number of aromatic nitrogens is 1. The van der Waals surface area contributed by atoms with Crippen molar-refractivity contribution in [1.29, 1.82) is 0 Å². The number of anilines is 1. The van der Waals surface area contributed by atoms with Gasteiger partial charge in [0.2, 0.25) is 0 Å². The molecule has 0 amide bonds. The highest BCUT2D eigenvalue weighted by molar-refractivity contribution is 7.93. The Morgan fingerprint density at radius 3 is 2.56 bits per heavy atom. The van der Waals surface area contributed by atoms with Gasteiger partial charge in [-0.15, -0.1) is 0 Å². The fraction of sp³-hybridized carbons (Fsp3) is 0.300. The van der Waals surface area contributed by atoms with Crippen LogP contribution < -0.4 is 4.31 Å². The average Bonchev–Trinajstić information content (AvgIpc) is 2.95. The Bertz CT molecular complexity index is 1060. The van der Waals surface area contributed by atoms with E-state index in [0.29, 0.717) is 4.90 Å². The number of benzene rings is 2. The van der Waals surface area contributed by atoms with Crippen molar-refractivity contribution in [2.45, 2.75) is 37.1 Å². The zero-order chi connectivity index (χ0) is 17.8. The lowest BCUT2D eigenvalue weighted by atomic mass is 9.89. The van der Waals surface area contributed by atoms with Crippen molar-refractivity contribution in [3.8, 4) is 0 Å². The molecule has 1 aliphatic rings. The Kier molecular flexibility index (Phi) is 3.48. The summed E-state index contributed by atoms with van der Waals surface area (Å²) in [5.41, 5.74) is 2.16. The molecule has 3 aromatic rings. The molecular weight excluding hydrogens is 332 g/mol. The van der Waals surface area contributed by atoms with Gasteiger partial charge in [0.15, 0.2) is 0 Å². The summed E-state index contributed by atoms with van der Waals surface area (Å²) in [4.78, 5) is 0.363. The molecule has 0 unspecified atom stereocenters. The van der Waals surface area contributed by atoms with Crippen molar-refractivity contribution >= 4 is 26.6 Å². The van der Waals surface area contributed by atoms with Gasteiger partial charge in [-0.25, -0.2) is 8.42 Å². The lowest BCUT2D eigenvalue weighted by Gasteiger charge is -2.43. The molecular formula is C20H22N2O2S. The molecule has 0 radical (unpaired) electrons. The molecule has 0 saturated heterocycles. The zero-order valence-electron chi connectivity index (χ0n) is 14.7. The molecule has 2 aromatic carbocycles. The SMILES string of the molecule is Cn1ccc2cccc(S(=O)(=O)N3c4ccccc4CCC3(C)C)c21. The van der Waals surface area contributed by atoms with Crippen molar-refractivity contribution in [1.82, 2.24) is 4.57 Å². The second-order valence-electron chi connectivity index (χ2n) is 7.33. The Morgan fingerprint density at radius 2 is 1.76 bits per heavy atom. The minimum absolute atomic E-state index is 0.363. The molecule has 5 heteroatoms. The number of hydrogen-bond acceptors (Lipinski definition) is 2. The third-order valence-electron chi connectivity index (χ3n) is 5.15. The van der Waals surface area contributed by atoms with Gasteiger partial charge in [-0.1, -0.05) is 30.3 Å². The fourth-order valence-electron chi connectivity index (χ4n) is 3.87. The van der Waals surface area contributed by atoms with Gasteiger partial charge >= 0.3 is 0 Å². The second-order valence-corrected chi connectivity index (χ2v) is 9.09. The van der Waals surface area contributed by atoms with Crippen LogP contribution in [0.25, 0.3) is 10.9 Å². The summed E-state index contributed by atoms with van der Waals surface area (Å²) in [6.45, 7) is 4.01. The largest absolute Gasteiger partial charge is 0.349 e. The third kappa shape index (κ3) is 2.37. The van der Waals surface area contributed by atoms with Crippen molar-refractivity contribution < 1.29 is 8.42 Å². The third-order valence-corrected chi connectivity index (χ3v) is 7.20. The van der Waals surface area contributed by atoms with Gasteiger partial charge in [0.05, 0.1) is 16.7 Å². The Hall–Kier alpha value is -2.27. The number of sulfonamides is 1. The van der Waals surface area contributed by atoms with Gasteiger partial charge in [0.25, 0.3) is 10.0 Å². The van der Waals surface area contributed by atoms with Crippen LogP contribution in [0.5, 0.6) is 0 Å². The van der Waals surface area contributed by atoms with Gasteiger partial charge in [0, 0.05) is 18.6 Å². The zero-order valence-corrected chi connectivity index (χ0v) is 15.5. The van der Waals surface area contributed by atoms with Gasteiger partial charge < -0.3 is 4.57 Å². The van der Waals surface area contributed by atoms with Crippen LogP contribution in [0, 0.1) is 0 Å². The smallest absolute Gasteiger partial charge is 0.266 e. The molecule has 0 aliphatic carbocycles. The molecule has 1 aromatic heterocycles. The van der Waals surface area contributed by atoms with E-state index >= 15 is 0 Å². The minimum atomic E-state index is -3.69. The van der Waals surface area contributed by atoms with E-state index in [1.54, 1.807) is 10.4 Å². The summed E-state index contributed by atoms with van der Waals surface area (Å²) in [5.74, 6) is 0. The van der Waals surface area contributed by atoms with Crippen LogP contribution in [-0.2, 0) is 23.5 Å². The van der Waals surface area contributed by atoms with Gasteiger partial charge in [0.1, 0.15) is 4.90 Å². The van der Waals surface area contributed by atoms with Crippen molar-refractivity contribution in [2.24, 2.45) is 7.05 Å². The highest BCUT2D eigenvalue weighted by atomic mass is 32.2. The summed E-state index contributed by atoms with van der Waals surface area (Å²) in [5, 5.41) is 0.937. The lowest BCUT2D eigenvalue weighted by Crippen LogP contribution is -2.50. The van der Waals surface area contributed by atoms with Crippen molar-refractivity contribution in [3.63, 3.8) is 0 Å². The van der Waals surface area contributed by atoms with Crippen molar-refractivity contribution in [3.05, 3.63) is 60.3 Å². The Balaban J connectivity index is 2.00. The van der Waals surface area contributed by atoms with Crippen LogP contribution in [0.4, 0.5) is 5.69 Å². The van der Waals surface area contributed by atoms with Gasteiger partial charge in [-0.05, 0) is 50.5 Å². The van der Waals surface area contributed by atoms with E-state index in [0.717, 1.165) is 35.0 Å². The summed E-state index contributed by atoms with van der Waals surface area (Å²) in [6.07, 6.45) is 3.59. The summed E-state index contributed by atoms with van der Waals surface area (Å²) < 4.78 is 31.0. The molecule has 0 spiro atoms. The lowest BCUT2D eigenvalue weighted by molar-refractivity contribution is 0.450. The standard InChI is InChI=1S/C20H22N2O2S/c1-20(2)13-11-15-7-4-5-9-17(15)22(20)25(23,24)18-10-6-8-16-12-14-21(3)19(16)18/h4-10,12,14H,11,13H2,1-3H3. The first-order valence-corrected chi connectivity index (χ1v) is 9.94. The number of hydrogen-bond donors (Lipinski definition) is 0. The molecule has 4 rings (SSSR count). The first kappa shape index (κ1) is 16.2.